The van der Waals surface area contributed by atoms with Crippen molar-refractivity contribution in [1.82, 2.24) is 4.98 Å². The lowest BCUT2D eigenvalue weighted by atomic mass is 10.1. The summed E-state index contributed by atoms with van der Waals surface area (Å²) < 4.78 is 14.0. The van der Waals surface area contributed by atoms with Crippen molar-refractivity contribution < 1.29 is 4.39 Å². The Morgan fingerprint density at radius 1 is 0.826 bits per heavy atom. The smallest absolute Gasteiger partial charge is 0.102 e. The van der Waals surface area contributed by atoms with Crippen LogP contribution in [-0.2, 0) is 12.8 Å². The van der Waals surface area contributed by atoms with Crippen molar-refractivity contribution in [2.24, 2.45) is 0 Å². The lowest BCUT2D eigenvalue weighted by molar-refractivity contribution is 0.603. The van der Waals surface area contributed by atoms with E-state index in [1.165, 1.54) is 0 Å². The van der Waals surface area contributed by atoms with Gasteiger partial charge in [-0.3, -0.25) is 4.98 Å². The maximum Gasteiger partial charge on any atom is 0.102 e. The minimum atomic E-state index is -0.145. The summed E-state index contributed by atoms with van der Waals surface area (Å²) in [6.45, 7) is 0. The zero-order valence-electron chi connectivity index (χ0n) is 12.8. The average molecular weight is 303 g/mol. The van der Waals surface area contributed by atoms with E-state index >= 15 is 0 Å². The van der Waals surface area contributed by atoms with Crippen LogP contribution in [0.5, 0.6) is 0 Å². The van der Waals surface area contributed by atoms with Crippen LogP contribution in [0.3, 0.4) is 0 Å². The molecule has 0 saturated heterocycles. The van der Waals surface area contributed by atoms with E-state index in [9.17, 15) is 4.39 Å². The molecule has 2 heteroatoms. The Balaban J connectivity index is 1.64. The molecular formula is C21H18FN. The lowest BCUT2D eigenvalue weighted by Gasteiger charge is -2.03. The second-order valence-corrected chi connectivity index (χ2v) is 5.42. The van der Waals surface area contributed by atoms with E-state index in [2.05, 4.69) is 4.98 Å². The number of aromatic nitrogens is 1. The third kappa shape index (κ3) is 4.36. The molecule has 114 valence electrons. The number of hydrogen-bond acceptors (Lipinski definition) is 1. The van der Waals surface area contributed by atoms with Crippen LogP contribution in [-0.4, -0.2) is 4.98 Å². The fourth-order valence-electron chi connectivity index (χ4n) is 2.42. The number of halogens is 1. The van der Waals surface area contributed by atoms with Gasteiger partial charge in [0.1, 0.15) is 5.83 Å². The molecule has 0 aliphatic rings. The van der Waals surface area contributed by atoms with E-state index in [0.29, 0.717) is 6.42 Å². The monoisotopic (exact) mass is 303 g/mol. The van der Waals surface area contributed by atoms with Gasteiger partial charge in [0.25, 0.3) is 0 Å². The van der Waals surface area contributed by atoms with Crippen molar-refractivity contribution >= 4 is 0 Å². The first-order chi connectivity index (χ1) is 11.3. The van der Waals surface area contributed by atoms with Gasteiger partial charge >= 0.3 is 0 Å². The summed E-state index contributed by atoms with van der Waals surface area (Å²) in [6, 6.07) is 23.8. The van der Waals surface area contributed by atoms with Gasteiger partial charge in [0.2, 0.25) is 0 Å². The number of allylic oxidation sites excluding steroid dienone is 2. The maximum absolute atomic E-state index is 14.0. The van der Waals surface area contributed by atoms with Crippen LogP contribution in [0.1, 0.15) is 11.3 Å². The largest absolute Gasteiger partial charge is 0.260 e. The topological polar surface area (TPSA) is 12.9 Å². The summed E-state index contributed by atoms with van der Waals surface area (Å²) in [5.74, 6) is -0.145. The Hall–Kier alpha value is -2.74. The normalized spacial score (nSPS) is 11.4. The van der Waals surface area contributed by atoms with Crippen LogP contribution in [0, 0.1) is 0 Å². The first-order valence-corrected chi connectivity index (χ1v) is 7.70. The number of pyridine rings is 1. The minimum Gasteiger partial charge on any atom is -0.260 e. The molecule has 0 aliphatic carbocycles. The second kappa shape index (κ2) is 7.50. The minimum absolute atomic E-state index is 0.145. The van der Waals surface area contributed by atoms with Crippen molar-refractivity contribution in [3.8, 4) is 11.1 Å². The first kappa shape index (κ1) is 15.2. The van der Waals surface area contributed by atoms with E-state index in [4.69, 9.17) is 0 Å². The molecule has 0 radical (unpaired) electrons. The molecule has 0 aliphatic heterocycles. The predicted octanol–water partition coefficient (Wildman–Crippen LogP) is 5.39. The van der Waals surface area contributed by atoms with E-state index in [1.807, 2.05) is 72.8 Å². The van der Waals surface area contributed by atoms with Crippen molar-refractivity contribution in [1.29, 1.82) is 0 Å². The van der Waals surface area contributed by atoms with Gasteiger partial charge in [0.05, 0.1) is 0 Å². The number of benzene rings is 2. The standard InChI is InChI=1S/C21H18FN/c22-20(13-11-17-7-3-1-4-8-17)15-21-14-12-19(16-23-21)18-9-5-2-6-10-18/h1-10,12-14,16H,11,15H2/b20-13-. The van der Waals surface area contributed by atoms with Crippen molar-refractivity contribution in [3.63, 3.8) is 0 Å². The van der Waals surface area contributed by atoms with Crippen LogP contribution in [0.25, 0.3) is 11.1 Å². The molecule has 0 saturated carbocycles. The summed E-state index contributed by atoms with van der Waals surface area (Å²) in [5, 5.41) is 0. The van der Waals surface area contributed by atoms with Crippen LogP contribution in [0.2, 0.25) is 0 Å². The molecule has 0 fully saturated rings. The summed E-state index contributed by atoms with van der Waals surface area (Å²) in [4.78, 5) is 4.37. The molecule has 0 N–H and O–H groups in total. The molecule has 0 atom stereocenters. The Bertz CT molecular complexity index is 762. The second-order valence-electron chi connectivity index (χ2n) is 5.42. The Kier molecular flexibility index (Phi) is 4.95. The molecular weight excluding hydrogens is 285 g/mol. The fourth-order valence-corrected chi connectivity index (χ4v) is 2.42. The maximum atomic E-state index is 14.0. The molecule has 0 unspecified atom stereocenters. The van der Waals surface area contributed by atoms with Gasteiger partial charge in [0.15, 0.2) is 0 Å². The molecule has 3 rings (SSSR count). The molecule has 0 amide bonds. The summed E-state index contributed by atoms with van der Waals surface area (Å²) in [6.07, 6.45) is 4.27. The third-order valence-corrected chi connectivity index (χ3v) is 3.68. The third-order valence-electron chi connectivity index (χ3n) is 3.68. The van der Waals surface area contributed by atoms with Gasteiger partial charge in [-0.15, -0.1) is 0 Å². The molecule has 23 heavy (non-hydrogen) atoms. The fraction of sp³-hybridized carbons (Fsp3) is 0.0952. The summed E-state index contributed by atoms with van der Waals surface area (Å²) in [7, 11) is 0. The van der Waals surface area contributed by atoms with E-state index in [1.54, 1.807) is 12.3 Å². The van der Waals surface area contributed by atoms with Crippen LogP contribution in [0.4, 0.5) is 4.39 Å². The van der Waals surface area contributed by atoms with Crippen LogP contribution < -0.4 is 0 Å². The highest BCUT2D eigenvalue weighted by molar-refractivity contribution is 5.62. The van der Waals surface area contributed by atoms with Gasteiger partial charge in [-0.05, 0) is 29.7 Å². The molecule has 0 bridgehead atoms. The Morgan fingerprint density at radius 2 is 1.52 bits per heavy atom. The lowest BCUT2D eigenvalue weighted by Crippen LogP contribution is -1.92. The number of rotatable bonds is 5. The summed E-state index contributed by atoms with van der Waals surface area (Å²) in [5.41, 5.74) is 4.01. The van der Waals surface area contributed by atoms with Crippen LogP contribution >= 0.6 is 0 Å². The highest BCUT2D eigenvalue weighted by Gasteiger charge is 2.02. The first-order valence-electron chi connectivity index (χ1n) is 7.70. The van der Waals surface area contributed by atoms with E-state index in [-0.39, 0.29) is 12.2 Å². The van der Waals surface area contributed by atoms with E-state index < -0.39 is 0 Å². The Morgan fingerprint density at radius 3 is 2.17 bits per heavy atom. The van der Waals surface area contributed by atoms with Crippen molar-refractivity contribution in [2.75, 3.05) is 0 Å². The SMILES string of the molecule is F/C(=C\Cc1ccccc1)Cc1ccc(-c2ccccc2)cn1. The van der Waals surface area contributed by atoms with E-state index in [0.717, 1.165) is 22.4 Å². The van der Waals surface area contributed by atoms with Gasteiger partial charge in [-0.25, -0.2) is 4.39 Å². The highest BCUT2D eigenvalue weighted by atomic mass is 19.1. The zero-order chi connectivity index (χ0) is 15.9. The molecule has 3 aromatic rings. The Labute approximate surface area is 136 Å². The molecule has 1 nitrogen and oxygen atoms in total. The molecule has 1 aromatic heterocycles. The number of hydrogen-bond donors (Lipinski definition) is 0. The van der Waals surface area contributed by atoms with Gasteiger partial charge < -0.3 is 0 Å². The zero-order valence-corrected chi connectivity index (χ0v) is 12.8. The average Bonchev–Trinajstić information content (AvgIpc) is 2.62. The summed E-state index contributed by atoms with van der Waals surface area (Å²) >= 11 is 0. The van der Waals surface area contributed by atoms with Gasteiger partial charge in [0, 0.05) is 23.9 Å². The van der Waals surface area contributed by atoms with Crippen molar-refractivity contribution in [3.05, 3.63) is 102 Å². The molecule has 1 heterocycles. The van der Waals surface area contributed by atoms with Crippen LogP contribution in [0.15, 0.2) is 90.9 Å². The predicted molar refractivity (Wildman–Crippen MR) is 92.7 cm³/mol. The highest BCUT2D eigenvalue weighted by Crippen LogP contribution is 2.18. The van der Waals surface area contributed by atoms with Crippen molar-refractivity contribution in [2.45, 2.75) is 12.8 Å². The number of nitrogens with zero attached hydrogens (tertiary/aromatic N) is 1. The molecule has 0 spiro atoms. The van der Waals surface area contributed by atoms with Gasteiger partial charge in [-0.2, -0.15) is 0 Å². The van der Waals surface area contributed by atoms with Gasteiger partial charge in [-0.1, -0.05) is 66.7 Å². The quantitative estimate of drug-likeness (QED) is 0.616. The molecule has 2 aromatic carbocycles.